The number of rotatable bonds is 5. The van der Waals surface area contributed by atoms with E-state index < -0.39 is 5.97 Å². The van der Waals surface area contributed by atoms with Crippen LogP contribution in [0.15, 0.2) is 43.0 Å². The zero-order valence-electron chi connectivity index (χ0n) is 16.2. The third-order valence-electron chi connectivity index (χ3n) is 5.40. The number of likely N-dealkylation sites (tertiary alicyclic amines) is 1. The first-order valence-electron chi connectivity index (χ1n) is 9.61. The summed E-state index contributed by atoms with van der Waals surface area (Å²) in [5, 5.41) is 13.8. The van der Waals surface area contributed by atoms with Crippen LogP contribution in [-0.4, -0.2) is 56.1 Å². The number of imidazole rings is 1. The Morgan fingerprint density at radius 3 is 2.66 bits per heavy atom. The van der Waals surface area contributed by atoms with Gasteiger partial charge in [0.05, 0.1) is 24.8 Å². The molecule has 3 aromatic rings. The Bertz CT molecular complexity index is 1050. The van der Waals surface area contributed by atoms with Crippen LogP contribution in [0, 0.1) is 5.92 Å². The normalized spacial score (nSPS) is 15.5. The highest BCUT2D eigenvalue weighted by molar-refractivity contribution is 5.95. The van der Waals surface area contributed by atoms with Gasteiger partial charge in [-0.15, -0.1) is 0 Å². The quantitative estimate of drug-likeness (QED) is 0.690. The van der Waals surface area contributed by atoms with Gasteiger partial charge in [0.1, 0.15) is 5.82 Å². The summed E-state index contributed by atoms with van der Waals surface area (Å²) in [7, 11) is 1.95. The van der Waals surface area contributed by atoms with E-state index in [-0.39, 0.29) is 18.4 Å². The minimum absolute atomic E-state index is 0.0273. The number of carboxylic acids is 1. The third kappa shape index (κ3) is 4.27. The van der Waals surface area contributed by atoms with E-state index in [0.717, 1.165) is 22.0 Å². The molecule has 3 heterocycles. The number of aliphatic carboxylic acids is 1. The number of aryl methyl sites for hydroxylation is 1. The molecule has 1 saturated heterocycles. The highest BCUT2D eigenvalue weighted by Crippen LogP contribution is 2.25. The first-order chi connectivity index (χ1) is 14.0. The van der Waals surface area contributed by atoms with Gasteiger partial charge < -0.3 is 15.0 Å². The molecule has 0 radical (unpaired) electrons. The van der Waals surface area contributed by atoms with E-state index in [0.29, 0.717) is 31.7 Å². The number of aromatic nitrogens is 3. The van der Waals surface area contributed by atoms with E-state index in [9.17, 15) is 9.59 Å². The number of pyridine rings is 1. The van der Waals surface area contributed by atoms with Gasteiger partial charge in [0.15, 0.2) is 0 Å². The molecule has 150 valence electrons. The fourth-order valence-corrected chi connectivity index (χ4v) is 3.78. The molecule has 1 aliphatic heterocycles. The Labute approximate surface area is 168 Å². The number of hydrogen-bond acceptors (Lipinski definition) is 5. The molecule has 1 aliphatic rings. The molecule has 4 rings (SSSR count). The standard InChI is InChI=1S/C21H23N5O3/c1-25-13-22-11-18(25)15-2-3-16-10-23-19(9-17(16)8-15)24-21(29)14-4-6-26(7-5-14)12-20(27)28/h2-3,8-11,13-14H,4-7,12H2,1H3,(H,27,28)(H,23,24,29). The molecule has 2 N–H and O–H groups in total. The molecule has 0 spiro atoms. The predicted molar refractivity (Wildman–Crippen MR) is 109 cm³/mol. The van der Waals surface area contributed by atoms with E-state index in [1.165, 1.54) is 0 Å². The number of amides is 1. The molecule has 0 atom stereocenters. The molecule has 29 heavy (non-hydrogen) atoms. The van der Waals surface area contributed by atoms with E-state index >= 15 is 0 Å². The molecular weight excluding hydrogens is 370 g/mol. The summed E-state index contributed by atoms with van der Waals surface area (Å²) >= 11 is 0. The van der Waals surface area contributed by atoms with E-state index in [1.807, 2.05) is 40.9 Å². The Morgan fingerprint density at radius 2 is 1.97 bits per heavy atom. The minimum Gasteiger partial charge on any atom is -0.480 e. The molecule has 1 fully saturated rings. The Balaban J connectivity index is 1.46. The van der Waals surface area contributed by atoms with Crippen LogP contribution in [0.2, 0.25) is 0 Å². The van der Waals surface area contributed by atoms with E-state index in [4.69, 9.17) is 5.11 Å². The molecule has 0 saturated carbocycles. The Morgan fingerprint density at radius 1 is 1.17 bits per heavy atom. The maximum Gasteiger partial charge on any atom is 0.317 e. The van der Waals surface area contributed by atoms with E-state index in [2.05, 4.69) is 21.4 Å². The van der Waals surface area contributed by atoms with Gasteiger partial charge in [-0.25, -0.2) is 9.97 Å². The van der Waals surface area contributed by atoms with Gasteiger partial charge in [-0.1, -0.05) is 12.1 Å². The van der Waals surface area contributed by atoms with Gasteiger partial charge in [0.2, 0.25) is 5.91 Å². The van der Waals surface area contributed by atoms with Crippen molar-refractivity contribution in [3.8, 4) is 11.3 Å². The second-order valence-electron chi connectivity index (χ2n) is 7.45. The van der Waals surface area contributed by atoms with Crippen LogP contribution in [0.4, 0.5) is 5.82 Å². The molecule has 8 nitrogen and oxygen atoms in total. The maximum atomic E-state index is 12.6. The Kier molecular flexibility index (Phi) is 5.26. The van der Waals surface area contributed by atoms with Crippen molar-refractivity contribution in [1.29, 1.82) is 0 Å². The fourth-order valence-electron chi connectivity index (χ4n) is 3.78. The van der Waals surface area contributed by atoms with Crippen molar-refractivity contribution in [3.05, 3.63) is 43.0 Å². The smallest absolute Gasteiger partial charge is 0.317 e. The van der Waals surface area contributed by atoms with E-state index in [1.54, 1.807) is 12.5 Å². The summed E-state index contributed by atoms with van der Waals surface area (Å²) in [5.41, 5.74) is 2.06. The van der Waals surface area contributed by atoms with Crippen LogP contribution in [0.5, 0.6) is 0 Å². The van der Waals surface area contributed by atoms with Gasteiger partial charge in [0, 0.05) is 30.1 Å². The van der Waals surface area contributed by atoms with Crippen LogP contribution in [-0.2, 0) is 16.6 Å². The molecule has 0 unspecified atom stereocenters. The largest absolute Gasteiger partial charge is 0.480 e. The maximum absolute atomic E-state index is 12.6. The SMILES string of the molecule is Cn1cncc1-c1ccc2cnc(NC(=O)C3CCN(CC(=O)O)CC3)cc2c1. The zero-order valence-corrected chi connectivity index (χ0v) is 16.2. The average Bonchev–Trinajstić information content (AvgIpc) is 3.13. The molecule has 2 aromatic heterocycles. The topological polar surface area (TPSA) is 100 Å². The summed E-state index contributed by atoms with van der Waals surface area (Å²) in [6.45, 7) is 1.26. The summed E-state index contributed by atoms with van der Waals surface area (Å²) in [6.07, 6.45) is 6.64. The number of carbonyl (C=O) groups excluding carboxylic acids is 1. The van der Waals surface area contributed by atoms with Gasteiger partial charge in [0.25, 0.3) is 0 Å². The van der Waals surface area contributed by atoms with Crippen LogP contribution in [0.25, 0.3) is 22.0 Å². The minimum atomic E-state index is -0.834. The molecule has 0 aliphatic carbocycles. The monoisotopic (exact) mass is 393 g/mol. The first-order valence-corrected chi connectivity index (χ1v) is 9.61. The number of benzene rings is 1. The number of fused-ring (bicyclic) bond motifs is 1. The highest BCUT2D eigenvalue weighted by atomic mass is 16.4. The van der Waals surface area contributed by atoms with Gasteiger partial charge in [-0.2, -0.15) is 0 Å². The van der Waals surface area contributed by atoms with Crippen LogP contribution >= 0.6 is 0 Å². The van der Waals surface area contributed by atoms with Gasteiger partial charge in [-0.3, -0.25) is 14.5 Å². The molecule has 8 heteroatoms. The molecule has 1 amide bonds. The Hall–Kier alpha value is -3.26. The molecule has 1 aromatic carbocycles. The number of carboxylic acid groups (broad SMARTS) is 1. The number of piperidine rings is 1. The number of carbonyl (C=O) groups is 2. The summed E-state index contributed by atoms with van der Waals surface area (Å²) in [4.78, 5) is 33.8. The molecular formula is C21H23N5O3. The third-order valence-corrected chi connectivity index (χ3v) is 5.40. The number of nitrogens with zero attached hydrogens (tertiary/aromatic N) is 4. The predicted octanol–water partition coefficient (Wildman–Crippen LogP) is 2.37. The molecule has 0 bridgehead atoms. The van der Waals surface area contributed by atoms with Crippen LogP contribution < -0.4 is 5.32 Å². The van der Waals surface area contributed by atoms with Crippen LogP contribution in [0.1, 0.15) is 12.8 Å². The summed E-state index contributed by atoms with van der Waals surface area (Å²) in [5.74, 6) is -0.496. The lowest BCUT2D eigenvalue weighted by Gasteiger charge is -2.29. The summed E-state index contributed by atoms with van der Waals surface area (Å²) < 4.78 is 1.96. The van der Waals surface area contributed by atoms with Gasteiger partial charge in [-0.05, 0) is 43.5 Å². The second kappa shape index (κ2) is 8.00. The average molecular weight is 393 g/mol. The van der Waals surface area contributed by atoms with Gasteiger partial charge >= 0.3 is 5.97 Å². The van der Waals surface area contributed by atoms with Crippen molar-refractivity contribution >= 4 is 28.5 Å². The first kappa shape index (κ1) is 19.1. The number of hydrogen-bond donors (Lipinski definition) is 2. The second-order valence-corrected chi connectivity index (χ2v) is 7.45. The lowest BCUT2D eigenvalue weighted by molar-refractivity contribution is -0.138. The summed E-state index contributed by atoms with van der Waals surface area (Å²) in [6, 6.07) is 7.99. The van der Waals surface area contributed by atoms with Crippen molar-refractivity contribution in [1.82, 2.24) is 19.4 Å². The van der Waals surface area contributed by atoms with Crippen molar-refractivity contribution in [2.45, 2.75) is 12.8 Å². The van der Waals surface area contributed by atoms with Crippen molar-refractivity contribution in [3.63, 3.8) is 0 Å². The number of anilines is 1. The van der Waals surface area contributed by atoms with Crippen molar-refractivity contribution in [2.24, 2.45) is 13.0 Å². The van der Waals surface area contributed by atoms with Crippen molar-refractivity contribution in [2.75, 3.05) is 25.0 Å². The highest BCUT2D eigenvalue weighted by Gasteiger charge is 2.26. The number of nitrogens with one attached hydrogen (secondary N) is 1. The van der Waals surface area contributed by atoms with Crippen molar-refractivity contribution < 1.29 is 14.7 Å². The zero-order chi connectivity index (χ0) is 20.4. The lowest BCUT2D eigenvalue weighted by Crippen LogP contribution is -2.40. The van der Waals surface area contributed by atoms with Crippen LogP contribution in [0.3, 0.4) is 0 Å². The fraction of sp³-hybridized carbons (Fsp3) is 0.333. The lowest BCUT2D eigenvalue weighted by atomic mass is 9.96.